The number of aromatic nitrogens is 2. The van der Waals surface area contributed by atoms with E-state index < -0.39 is 24.9 Å². The van der Waals surface area contributed by atoms with Crippen LogP contribution in [-0.4, -0.2) is 34.6 Å². The van der Waals surface area contributed by atoms with Gasteiger partial charge in [-0.25, -0.2) is 8.78 Å². The SMILES string of the molecule is CCn1ncc(NC(=O)c2cccc(COCC(F)(F)C(F)F)c2)c1C. The van der Waals surface area contributed by atoms with Gasteiger partial charge in [-0.15, -0.1) is 0 Å². The van der Waals surface area contributed by atoms with Crippen molar-refractivity contribution in [2.24, 2.45) is 0 Å². The van der Waals surface area contributed by atoms with Gasteiger partial charge in [0.15, 0.2) is 0 Å². The topological polar surface area (TPSA) is 56.2 Å². The summed E-state index contributed by atoms with van der Waals surface area (Å²) in [6, 6.07) is 6.11. The molecule has 1 aromatic heterocycles. The van der Waals surface area contributed by atoms with Gasteiger partial charge in [-0.3, -0.25) is 9.48 Å². The number of anilines is 1. The van der Waals surface area contributed by atoms with Crippen LogP contribution in [0.15, 0.2) is 30.5 Å². The van der Waals surface area contributed by atoms with Gasteiger partial charge in [0.05, 0.1) is 24.2 Å². The summed E-state index contributed by atoms with van der Waals surface area (Å²) < 4.78 is 56.2. The Morgan fingerprint density at radius 1 is 1.38 bits per heavy atom. The van der Waals surface area contributed by atoms with E-state index in [1.807, 2.05) is 13.8 Å². The summed E-state index contributed by atoms with van der Waals surface area (Å²) >= 11 is 0. The van der Waals surface area contributed by atoms with E-state index in [2.05, 4.69) is 15.2 Å². The normalized spacial score (nSPS) is 11.8. The Balaban J connectivity index is 1.99. The zero-order valence-electron chi connectivity index (χ0n) is 14.3. The van der Waals surface area contributed by atoms with Crippen molar-refractivity contribution in [3.05, 3.63) is 47.3 Å². The summed E-state index contributed by atoms with van der Waals surface area (Å²) in [5.41, 5.74) is 2.07. The molecule has 0 unspecified atom stereocenters. The predicted octanol–water partition coefficient (Wildman–Crippen LogP) is 3.88. The molecule has 1 heterocycles. The summed E-state index contributed by atoms with van der Waals surface area (Å²) in [5, 5.41) is 6.85. The molecule has 1 N–H and O–H groups in total. The molecule has 0 aliphatic heterocycles. The Labute approximate surface area is 148 Å². The third-order valence-corrected chi connectivity index (χ3v) is 3.72. The molecule has 0 saturated carbocycles. The highest BCUT2D eigenvalue weighted by molar-refractivity contribution is 6.04. The molecule has 1 amide bonds. The van der Waals surface area contributed by atoms with Crippen LogP contribution in [0.1, 0.15) is 28.5 Å². The first-order valence-corrected chi connectivity index (χ1v) is 7.91. The van der Waals surface area contributed by atoms with Crippen molar-refractivity contribution >= 4 is 11.6 Å². The average molecular weight is 373 g/mol. The fourth-order valence-electron chi connectivity index (χ4n) is 2.25. The van der Waals surface area contributed by atoms with Gasteiger partial charge in [-0.05, 0) is 31.5 Å². The van der Waals surface area contributed by atoms with Gasteiger partial charge in [0.25, 0.3) is 5.91 Å². The van der Waals surface area contributed by atoms with Crippen LogP contribution in [0.25, 0.3) is 0 Å². The maximum atomic E-state index is 12.8. The van der Waals surface area contributed by atoms with Gasteiger partial charge < -0.3 is 10.1 Å². The molecule has 0 spiro atoms. The van der Waals surface area contributed by atoms with E-state index in [1.54, 1.807) is 22.9 Å². The molecule has 0 aliphatic carbocycles. The zero-order chi connectivity index (χ0) is 19.3. The van der Waals surface area contributed by atoms with Crippen molar-refractivity contribution in [3.8, 4) is 0 Å². The summed E-state index contributed by atoms with van der Waals surface area (Å²) in [4.78, 5) is 12.3. The lowest BCUT2D eigenvalue weighted by molar-refractivity contribution is -0.168. The minimum absolute atomic E-state index is 0.287. The van der Waals surface area contributed by atoms with Crippen LogP contribution in [0.5, 0.6) is 0 Å². The van der Waals surface area contributed by atoms with E-state index in [0.29, 0.717) is 17.8 Å². The summed E-state index contributed by atoms with van der Waals surface area (Å²) in [6.45, 7) is 2.71. The van der Waals surface area contributed by atoms with Gasteiger partial charge in [-0.2, -0.15) is 13.9 Å². The van der Waals surface area contributed by atoms with E-state index in [0.717, 1.165) is 5.69 Å². The van der Waals surface area contributed by atoms with Crippen LogP contribution >= 0.6 is 0 Å². The van der Waals surface area contributed by atoms with Gasteiger partial charge in [-0.1, -0.05) is 12.1 Å². The molecule has 0 aliphatic rings. The molecule has 9 heteroatoms. The number of nitrogens with zero attached hydrogens (tertiary/aromatic N) is 2. The molecule has 0 fully saturated rings. The van der Waals surface area contributed by atoms with Crippen molar-refractivity contribution in [3.63, 3.8) is 0 Å². The maximum Gasteiger partial charge on any atom is 0.330 e. The lowest BCUT2D eigenvalue weighted by atomic mass is 10.1. The van der Waals surface area contributed by atoms with Gasteiger partial charge in [0, 0.05) is 12.1 Å². The molecule has 0 radical (unpaired) electrons. The second-order valence-corrected chi connectivity index (χ2v) is 5.67. The first-order chi connectivity index (χ1) is 12.2. The highest BCUT2D eigenvalue weighted by Crippen LogP contribution is 2.23. The summed E-state index contributed by atoms with van der Waals surface area (Å²) in [6.07, 6.45) is -2.25. The Hall–Kier alpha value is -2.42. The second-order valence-electron chi connectivity index (χ2n) is 5.67. The average Bonchev–Trinajstić information content (AvgIpc) is 2.94. The highest BCUT2D eigenvalue weighted by Gasteiger charge is 2.40. The van der Waals surface area contributed by atoms with Crippen LogP contribution in [0, 0.1) is 6.92 Å². The first-order valence-electron chi connectivity index (χ1n) is 7.91. The molecule has 0 atom stereocenters. The third kappa shape index (κ3) is 4.81. The molecule has 0 bridgehead atoms. The fraction of sp³-hybridized carbons (Fsp3) is 0.412. The first kappa shape index (κ1) is 19.9. The third-order valence-electron chi connectivity index (χ3n) is 3.72. The Kier molecular flexibility index (Phi) is 6.36. The molecule has 26 heavy (non-hydrogen) atoms. The molecule has 2 aromatic rings. The van der Waals surface area contributed by atoms with Crippen LogP contribution in [0.2, 0.25) is 0 Å². The summed E-state index contributed by atoms with van der Waals surface area (Å²) in [7, 11) is 0. The van der Waals surface area contributed by atoms with Crippen molar-refractivity contribution < 1.29 is 27.1 Å². The second kappa shape index (κ2) is 8.31. The molecule has 142 valence electrons. The number of benzene rings is 1. The fourth-order valence-corrected chi connectivity index (χ4v) is 2.25. The minimum Gasteiger partial charge on any atom is -0.370 e. The standard InChI is InChI=1S/C17H19F4N3O2/c1-3-24-11(2)14(8-22-24)23-15(25)13-6-4-5-12(7-13)9-26-10-17(20,21)16(18)19/h4-8,16H,3,9-10H2,1-2H3,(H,23,25). The van der Waals surface area contributed by atoms with Crippen LogP contribution in [-0.2, 0) is 17.9 Å². The Bertz CT molecular complexity index is 762. The van der Waals surface area contributed by atoms with E-state index in [-0.39, 0.29) is 12.2 Å². The van der Waals surface area contributed by atoms with Crippen molar-refractivity contribution in [2.45, 2.75) is 39.3 Å². The van der Waals surface area contributed by atoms with Gasteiger partial charge in [0.1, 0.15) is 6.61 Å². The monoisotopic (exact) mass is 373 g/mol. The number of alkyl halides is 4. The number of ether oxygens (including phenoxy) is 1. The number of hydrogen-bond donors (Lipinski definition) is 1. The predicted molar refractivity (Wildman–Crippen MR) is 87.6 cm³/mol. The largest absolute Gasteiger partial charge is 0.370 e. The van der Waals surface area contributed by atoms with E-state index >= 15 is 0 Å². The number of carbonyl (C=O) groups excluding carboxylic acids is 1. The number of carbonyl (C=O) groups is 1. The van der Waals surface area contributed by atoms with E-state index in [9.17, 15) is 22.4 Å². The van der Waals surface area contributed by atoms with Crippen LogP contribution in [0.3, 0.4) is 0 Å². The lowest BCUT2D eigenvalue weighted by Gasteiger charge is -2.15. The number of hydrogen-bond acceptors (Lipinski definition) is 3. The molecular formula is C17H19F4N3O2. The zero-order valence-corrected chi connectivity index (χ0v) is 14.3. The van der Waals surface area contributed by atoms with Crippen molar-refractivity contribution in [2.75, 3.05) is 11.9 Å². The van der Waals surface area contributed by atoms with Crippen LogP contribution < -0.4 is 5.32 Å². The van der Waals surface area contributed by atoms with Crippen LogP contribution in [0.4, 0.5) is 23.2 Å². The smallest absolute Gasteiger partial charge is 0.330 e. The number of nitrogens with one attached hydrogen (secondary N) is 1. The highest BCUT2D eigenvalue weighted by atomic mass is 19.3. The van der Waals surface area contributed by atoms with Crippen molar-refractivity contribution in [1.29, 1.82) is 0 Å². The van der Waals surface area contributed by atoms with E-state index in [1.165, 1.54) is 12.3 Å². The molecule has 0 saturated heterocycles. The molecular weight excluding hydrogens is 354 g/mol. The molecule has 1 aromatic carbocycles. The molecule has 2 rings (SSSR count). The number of aryl methyl sites for hydroxylation is 1. The minimum atomic E-state index is -4.20. The number of rotatable bonds is 8. The van der Waals surface area contributed by atoms with Gasteiger partial charge >= 0.3 is 12.3 Å². The van der Waals surface area contributed by atoms with E-state index in [4.69, 9.17) is 0 Å². The molecule has 5 nitrogen and oxygen atoms in total. The van der Waals surface area contributed by atoms with Gasteiger partial charge in [0.2, 0.25) is 0 Å². The lowest BCUT2D eigenvalue weighted by Crippen LogP contribution is -2.32. The maximum absolute atomic E-state index is 12.8. The Morgan fingerprint density at radius 3 is 2.73 bits per heavy atom. The Morgan fingerprint density at radius 2 is 2.12 bits per heavy atom. The number of amides is 1. The number of halogens is 4. The van der Waals surface area contributed by atoms with Crippen molar-refractivity contribution in [1.82, 2.24) is 9.78 Å². The quantitative estimate of drug-likeness (QED) is 0.715. The summed E-state index contributed by atoms with van der Waals surface area (Å²) in [5.74, 6) is -4.60.